The third-order valence-electron chi connectivity index (χ3n) is 7.71. The zero-order chi connectivity index (χ0) is 32.4. The summed E-state index contributed by atoms with van der Waals surface area (Å²) in [5, 5.41) is 9.96. The van der Waals surface area contributed by atoms with Gasteiger partial charge in [0.25, 0.3) is 0 Å². The highest BCUT2D eigenvalue weighted by Crippen LogP contribution is 2.84. The summed E-state index contributed by atoms with van der Waals surface area (Å²) in [5.74, 6) is 7.47. The molecule has 44 heavy (non-hydrogen) atoms. The number of fused-ring (bicyclic) bond motifs is 1. The van der Waals surface area contributed by atoms with Gasteiger partial charge in [0.2, 0.25) is 5.17 Å². The summed E-state index contributed by atoms with van der Waals surface area (Å²) < 4.78 is 36.4. The second-order valence-corrected chi connectivity index (χ2v) is 19.5. The van der Waals surface area contributed by atoms with Crippen molar-refractivity contribution in [3.8, 4) is 11.5 Å². The van der Waals surface area contributed by atoms with Gasteiger partial charge in [0.15, 0.2) is 11.5 Å². The van der Waals surface area contributed by atoms with E-state index >= 15 is 0 Å². The van der Waals surface area contributed by atoms with Crippen molar-refractivity contribution in [1.82, 2.24) is 4.90 Å². The Kier molecular flexibility index (Phi) is 8.75. The first-order valence-corrected chi connectivity index (χ1v) is 17.8. The highest BCUT2D eigenvalue weighted by atomic mass is 32.4. The molecule has 0 spiro atoms. The molecule has 240 valence electrons. The fourth-order valence-electron chi connectivity index (χ4n) is 5.31. The third-order valence-corrected chi connectivity index (χ3v) is 11.5. The molecule has 4 rings (SSSR count). The minimum absolute atomic E-state index is 0.143. The van der Waals surface area contributed by atoms with Crippen LogP contribution in [0.5, 0.6) is 11.5 Å². The minimum Gasteiger partial charge on any atom is -0.493 e. The minimum atomic E-state index is -5.35. The number of carbonyl (C=O) groups excluding carboxylic acids is 1. The largest absolute Gasteiger partial charge is 0.528 e. The molecule has 3 aromatic rings. The summed E-state index contributed by atoms with van der Waals surface area (Å²) in [7, 11) is -1.83. The van der Waals surface area contributed by atoms with Crippen LogP contribution < -0.4 is 20.3 Å². The molecule has 1 aliphatic heterocycles. The Labute approximate surface area is 259 Å². The number of benzene rings is 3. The van der Waals surface area contributed by atoms with Gasteiger partial charge >= 0.3 is 6.16 Å². The number of anilines is 1. The number of rotatable bonds is 7. The van der Waals surface area contributed by atoms with Gasteiger partial charge in [-0.05, 0) is 75.2 Å². The molecule has 0 aliphatic carbocycles. The van der Waals surface area contributed by atoms with Crippen LogP contribution in [0.15, 0.2) is 72.8 Å². The summed E-state index contributed by atoms with van der Waals surface area (Å²) in [6.07, 6.45) is 2.48. The van der Waals surface area contributed by atoms with E-state index in [2.05, 4.69) is 4.90 Å². The number of nitrogens with two attached hydrogens (primary N) is 1. The van der Waals surface area contributed by atoms with Gasteiger partial charge in [-0.15, -0.1) is 0 Å². The third kappa shape index (κ3) is 7.29. The van der Waals surface area contributed by atoms with Crippen molar-refractivity contribution in [2.75, 3.05) is 44.0 Å². The Bertz CT molecular complexity index is 1520. The Hall–Kier alpha value is -3.77. The van der Waals surface area contributed by atoms with Crippen molar-refractivity contribution in [3.05, 3.63) is 89.5 Å². The Morgan fingerprint density at radius 1 is 1.07 bits per heavy atom. The Morgan fingerprint density at radius 2 is 1.68 bits per heavy atom. The fourth-order valence-corrected chi connectivity index (χ4v) is 8.45. The molecule has 1 atom stereocenters. The van der Waals surface area contributed by atoms with Crippen LogP contribution in [-0.2, 0) is 21.9 Å². The topological polar surface area (TPSA) is 131 Å². The van der Waals surface area contributed by atoms with E-state index in [4.69, 9.17) is 24.2 Å². The average molecular weight is 627 g/mol. The number of amidine groups is 1. The number of methoxy groups -OCH3 is 1. The standard InChI is InChI=1S/C33H46N4O6S/c1-33(2,3)42-32(38)43-44(6,7,39,31(34)37(35)26-16-12-9-13-17-26)23-28-27-21-29(40-5)30(20-25(27)18-19-36(28)4)41-22-24-14-10-8-11-15-24/h8-17,20-21,28,34,39H,18-19,22-23,35H2,1-7H3. The molecular weight excluding hydrogens is 580 g/mol. The predicted octanol–water partition coefficient (Wildman–Crippen LogP) is 6.59. The van der Waals surface area contributed by atoms with Crippen LogP contribution in [0.2, 0.25) is 0 Å². The molecule has 0 saturated heterocycles. The second-order valence-electron chi connectivity index (χ2n) is 13.2. The molecule has 3 aromatic carbocycles. The summed E-state index contributed by atoms with van der Waals surface area (Å²) in [6.45, 7) is 6.15. The molecule has 0 amide bonds. The van der Waals surface area contributed by atoms with E-state index in [-0.39, 0.29) is 5.75 Å². The van der Waals surface area contributed by atoms with E-state index in [9.17, 15) is 14.8 Å². The molecular formula is C33H46N4O6S. The number of carbonyl (C=O) groups is 1. The lowest BCUT2D eigenvalue weighted by molar-refractivity contribution is 0.0201. The van der Waals surface area contributed by atoms with Crippen LogP contribution in [0, 0.1) is 5.41 Å². The van der Waals surface area contributed by atoms with E-state index in [1.807, 2.05) is 55.6 Å². The molecule has 0 aromatic heterocycles. The van der Waals surface area contributed by atoms with Crippen molar-refractivity contribution in [3.63, 3.8) is 0 Å². The number of para-hydroxylation sites is 1. The normalized spacial score (nSPS) is 17.0. The average Bonchev–Trinajstić information content (AvgIpc) is 2.96. The van der Waals surface area contributed by atoms with E-state index < -0.39 is 31.8 Å². The van der Waals surface area contributed by atoms with Gasteiger partial charge in [0.1, 0.15) is 12.2 Å². The SMILES string of the molecule is COc1cc2c(cc1OCc1ccccc1)CCN(C)C2CS(C)(C)(O)(OC(=O)OC(C)(C)C)C(=N)N(N)c1ccccc1. The zero-order valence-electron chi connectivity index (χ0n) is 26.7. The second kappa shape index (κ2) is 11.6. The van der Waals surface area contributed by atoms with Crippen LogP contribution in [0.25, 0.3) is 0 Å². The molecule has 0 radical (unpaired) electrons. The van der Waals surface area contributed by atoms with E-state index in [1.54, 1.807) is 52.1 Å². The Balaban J connectivity index is 1.77. The van der Waals surface area contributed by atoms with Crippen molar-refractivity contribution in [2.24, 2.45) is 5.84 Å². The van der Waals surface area contributed by atoms with Crippen molar-refractivity contribution >= 4 is 25.9 Å². The number of hydrogen-bond acceptors (Lipinski definition) is 9. The molecule has 11 heteroatoms. The van der Waals surface area contributed by atoms with Gasteiger partial charge in [-0.25, -0.2) is 19.5 Å². The lowest BCUT2D eigenvalue weighted by Gasteiger charge is -2.76. The molecule has 1 heterocycles. The first-order chi connectivity index (χ1) is 20.4. The number of nitrogens with zero attached hydrogens (tertiary/aromatic N) is 2. The van der Waals surface area contributed by atoms with Gasteiger partial charge in [0.05, 0.1) is 18.8 Å². The Morgan fingerprint density at radius 3 is 2.27 bits per heavy atom. The van der Waals surface area contributed by atoms with Crippen LogP contribution in [0.3, 0.4) is 0 Å². The van der Waals surface area contributed by atoms with Gasteiger partial charge in [-0.2, -0.15) is 0 Å². The lowest BCUT2D eigenvalue weighted by Crippen LogP contribution is -2.58. The van der Waals surface area contributed by atoms with Crippen molar-refractivity contribution in [2.45, 2.75) is 45.4 Å². The lowest BCUT2D eigenvalue weighted by atomic mass is 9.93. The summed E-state index contributed by atoms with van der Waals surface area (Å²) in [5.41, 5.74) is 2.47. The number of nitrogens with one attached hydrogen (secondary N) is 1. The quantitative estimate of drug-likeness (QED) is 0.0874. The van der Waals surface area contributed by atoms with Crippen molar-refractivity contribution in [1.29, 1.82) is 5.41 Å². The molecule has 0 bridgehead atoms. The van der Waals surface area contributed by atoms with Crippen LogP contribution in [0.4, 0.5) is 10.5 Å². The van der Waals surface area contributed by atoms with Gasteiger partial charge < -0.3 is 22.9 Å². The van der Waals surface area contributed by atoms with E-state index in [1.165, 1.54) is 12.5 Å². The van der Waals surface area contributed by atoms with Crippen LogP contribution in [0.1, 0.15) is 43.5 Å². The van der Waals surface area contributed by atoms with Crippen LogP contribution >= 0.6 is 8.86 Å². The molecule has 0 fully saturated rings. The predicted molar refractivity (Wildman–Crippen MR) is 178 cm³/mol. The van der Waals surface area contributed by atoms with Gasteiger partial charge in [-0.1, -0.05) is 48.5 Å². The summed E-state index contributed by atoms with van der Waals surface area (Å²) >= 11 is 0. The highest BCUT2D eigenvalue weighted by Gasteiger charge is 2.56. The maximum Gasteiger partial charge on any atom is 0.528 e. The molecule has 1 aliphatic rings. The number of hydrogen-bond donors (Lipinski definition) is 3. The van der Waals surface area contributed by atoms with Crippen LogP contribution in [-0.4, -0.2) is 65.3 Å². The van der Waals surface area contributed by atoms with Gasteiger partial charge in [0, 0.05) is 24.8 Å². The summed E-state index contributed by atoms with van der Waals surface area (Å²) in [4.78, 5) is 15.3. The number of ether oxygens (including phenoxy) is 3. The van der Waals surface area contributed by atoms with Gasteiger partial charge in [-0.3, -0.25) is 15.3 Å². The van der Waals surface area contributed by atoms with E-state index in [0.29, 0.717) is 30.3 Å². The molecule has 4 N–H and O–H groups in total. The maximum atomic E-state index is 13.3. The maximum absolute atomic E-state index is 13.3. The van der Waals surface area contributed by atoms with Crippen molar-refractivity contribution < 1.29 is 27.7 Å². The first-order valence-electron chi connectivity index (χ1n) is 14.4. The number of hydrazine groups is 1. The van der Waals surface area contributed by atoms with E-state index in [0.717, 1.165) is 28.1 Å². The molecule has 10 nitrogen and oxygen atoms in total. The molecule has 1 unspecified atom stereocenters. The zero-order valence-corrected chi connectivity index (χ0v) is 27.5. The summed E-state index contributed by atoms with van der Waals surface area (Å²) in [6, 6.07) is 22.1. The molecule has 0 saturated carbocycles. The monoisotopic (exact) mass is 626 g/mol. The first kappa shape index (κ1) is 33.1. The fraction of sp³-hybridized carbons (Fsp3) is 0.394. The number of likely N-dealkylation sites (N-methyl/N-ethyl adjacent to an activating group) is 1. The smallest absolute Gasteiger partial charge is 0.493 e. The highest BCUT2D eigenvalue weighted by molar-refractivity contribution is 8.66.